The van der Waals surface area contributed by atoms with Crippen LogP contribution < -0.4 is 10.6 Å². The summed E-state index contributed by atoms with van der Waals surface area (Å²) in [5.74, 6) is 1.61. The van der Waals surface area contributed by atoms with E-state index in [4.69, 9.17) is 4.74 Å². The van der Waals surface area contributed by atoms with E-state index in [1.807, 2.05) is 0 Å². The molecule has 1 aliphatic rings. The third kappa shape index (κ3) is 7.81. The third-order valence-corrected chi connectivity index (χ3v) is 2.76. The largest absolute Gasteiger partial charge is 0.376 e. The predicted octanol–water partition coefficient (Wildman–Crippen LogP) is 1.99. The molecule has 0 radical (unpaired) electrons. The summed E-state index contributed by atoms with van der Waals surface area (Å²) in [6.45, 7) is 7.20. The van der Waals surface area contributed by atoms with Crippen LogP contribution in [0, 0.1) is 5.92 Å². The number of rotatable bonds is 5. The van der Waals surface area contributed by atoms with Crippen molar-refractivity contribution in [2.24, 2.45) is 10.9 Å². The highest BCUT2D eigenvalue weighted by Crippen LogP contribution is 2.10. The van der Waals surface area contributed by atoms with E-state index < -0.39 is 0 Å². The number of guanidine groups is 1. The lowest BCUT2D eigenvalue weighted by Gasteiger charge is -2.15. The van der Waals surface area contributed by atoms with Gasteiger partial charge in [0.05, 0.1) is 6.10 Å². The van der Waals surface area contributed by atoms with Crippen molar-refractivity contribution in [3.63, 3.8) is 0 Å². The Morgan fingerprint density at radius 2 is 2.18 bits per heavy atom. The molecule has 1 fully saturated rings. The highest BCUT2D eigenvalue weighted by molar-refractivity contribution is 14.0. The lowest BCUT2D eigenvalue weighted by Crippen LogP contribution is -2.41. The summed E-state index contributed by atoms with van der Waals surface area (Å²) in [6.07, 6.45) is 3.88. The molecule has 5 heteroatoms. The Bertz CT molecular complexity index is 216. The summed E-state index contributed by atoms with van der Waals surface area (Å²) in [4.78, 5) is 4.18. The molecular weight excluding hydrogens is 329 g/mol. The van der Waals surface area contributed by atoms with E-state index in [1.54, 1.807) is 7.05 Å². The minimum atomic E-state index is 0. The fourth-order valence-electron chi connectivity index (χ4n) is 1.72. The minimum absolute atomic E-state index is 0. The highest BCUT2D eigenvalue weighted by Gasteiger charge is 2.15. The molecular formula is C12H26IN3O. The number of nitrogens with one attached hydrogen (secondary N) is 2. The quantitative estimate of drug-likeness (QED) is 0.451. The van der Waals surface area contributed by atoms with Crippen LogP contribution in [-0.2, 0) is 4.74 Å². The second-order valence-electron chi connectivity index (χ2n) is 4.70. The van der Waals surface area contributed by atoms with Crippen molar-refractivity contribution in [1.82, 2.24) is 10.6 Å². The molecule has 1 unspecified atom stereocenters. The van der Waals surface area contributed by atoms with E-state index in [0.29, 0.717) is 6.10 Å². The zero-order valence-electron chi connectivity index (χ0n) is 11.2. The van der Waals surface area contributed by atoms with E-state index in [9.17, 15) is 0 Å². The van der Waals surface area contributed by atoms with Gasteiger partial charge in [-0.1, -0.05) is 13.8 Å². The van der Waals surface area contributed by atoms with Gasteiger partial charge in [-0.05, 0) is 25.2 Å². The summed E-state index contributed by atoms with van der Waals surface area (Å²) in [7, 11) is 1.81. The number of aliphatic imine (C=N–C) groups is 1. The average Bonchev–Trinajstić information content (AvgIpc) is 2.75. The molecule has 0 amide bonds. The first-order valence-electron chi connectivity index (χ1n) is 6.28. The first kappa shape index (κ1) is 17.0. The van der Waals surface area contributed by atoms with Gasteiger partial charge < -0.3 is 15.4 Å². The Labute approximate surface area is 122 Å². The number of halogens is 1. The molecule has 1 heterocycles. The monoisotopic (exact) mass is 355 g/mol. The van der Waals surface area contributed by atoms with Crippen molar-refractivity contribution in [1.29, 1.82) is 0 Å². The van der Waals surface area contributed by atoms with E-state index >= 15 is 0 Å². The number of nitrogens with zero attached hydrogens (tertiary/aromatic N) is 1. The SMILES string of the molecule is CN=C(NCCC(C)C)NCC1CCCO1.I. The van der Waals surface area contributed by atoms with Crippen LogP contribution in [0.5, 0.6) is 0 Å². The molecule has 0 aromatic rings. The molecule has 2 N–H and O–H groups in total. The van der Waals surface area contributed by atoms with Crippen LogP contribution >= 0.6 is 24.0 Å². The fraction of sp³-hybridized carbons (Fsp3) is 0.917. The summed E-state index contributed by atoms with van der Waals surface area (Å²) >= 11 is 0. The van der Waals surface area contributed by atoms with Gasteiger partial charge in [0.25, 0.3) is 0 Å². The molecule has 0 aromatic carbocycles. The molecule has 0 aromatic heterocycles. The van der Waals surface area contributed by atoms with Crippen molar-refractivity contribution in [3.8, 4) is 0 Å². The van der Waals surface area contributed by atoms with Crippen LogP contribution in [0.2, 0.25) is 0 Å². The Kier molecular flexibility index (Phi) is 9.91. The lowest BCUT2D eigenvalue weighted by molar-refractivity contribution is 0.114. The fourth-order valence-corrected chi connectivity index (χ4v) is 1.72. The molecule has 1 rings (SSSR count). The Morgan fingerprint density at radius 1 is 1.41 bits per heavy atom. The van der Waals surface area contributed by atoms with Gasteiger partial charge >= 0.3 is 0 Å². The van der Waals surface area contributed by atoms with E-state index in [2.05, 4.69) is 29.5 Å². The molecule has 1 atom stereocenters. The molecule has 1 saturated heterocycles. The topological polar surface area (TPSA) is 45.7 Å². The molecule has 0 bridgehead atoms. The van der Waals surface area contributed by atoms with Gasteiger partial charge in [0.15, 0.2) is 5.96 Å². The lowest BCUT2D eigenvalue weighted by atomic mass is 10.1. The number of ether oxygens (including phenoxy) is 1. The van der Waals surface area contributed by atoms with Gasteiger partial charge in [-0.3, -0.25) is 4.99 Å². The standard InChI is InChI=1S/C12H25N3O.HI/c1-10(2)6-7-14-12(13-3)15-9-11-5-4-8-16-11;/h10-11H,4-9H2,1-3H3,(H2,13,14,15);1H. The van der Waals surface area contributed by atoms with Crippen LogP contribution in [0.1, 0.15) is 33.1 Å². The normalized spacial score (nSPS) is 20.2. The van der Waals surface area contributed by atoms with Gasteiger partial charge in [0.2, 0.25) is 0 Å². The molecule has 102 valence electrons. The second-order valence-corrected chi connectivity index (χ2v) is 4.70. The van der Waals surface area contributed by atoms with Crippen LogP contribution in [0.3, 0.4) is 0 Å². The van der Waals surface area contributed by atoms with Gasteiger partial charge in [0, 0.05) is 26.7 Å². The maximum Gasteiger partial charge on any atom is 0.191 e. The zero-order valence-corrected chi connectivity index (χ0v) is 13.5. The molecule has 1 aliphatic heterocycles. The van der Waals surface area contributed by atoms with Gasteiger partial charge in [0.1, 0.15) is 0 Å². The molecule has 0 saturated carbocycles. The average molecular weight is 355 g/mol. The van der Waals surface area contributed by atoms with Crippen molar-refractivity contribution in [3.05, 3.63) is 0 Å². The Balaban J connectivity index is 0.00000256. The number of hydrogen-bond acceptors (Lipinski definition) is 2. The first-order valence-corrected chi connectivity index (χ1v) is 6.28. The van der Waals surface area contributed by atoms with Crippen LogP contribution in [0.25, 0.3) is 0 Å². The van der Waals surface area contributed by atoms with E-state index in [0.717, 1.165) is 38.0 Å². The molecule has 17 heavy (non-hydrogen) atoms. The smallest absolute Gasteiger partial charge is 0.191 e. The van der Waals surface area contributed by atoms with Crippen LogP contribution in [0.4, 0.5) is 0 Å². The maximum atomic E-state index is 5.55. The molecule has 0 aliphatic carbocycles. The Morgan fingerprint density at radius 3 is 2.71 bits per heavy atom. The second kappa shape index (κ2) is 9.94. The van der Waals surface area contributed by atoms with Crippen molar-refractivity contribution >= 4 is 29.9 Å². The van der Waals surface area contributed by atoms with Crippen molar-refractivity contribution in [2.45, 2.75) is 39.2 Å². The van der Waals surface area contributed by atoms with Gasteiger partial charge in [-0.2, -0.15) is 0 Å². The maximum absolute atomic E-state index is 5.55. The van der Waals surface area contributed by atoms with Gasteiger partial charge in [-0.25, -0.2) is 0 Å². The predicted molar refractivity (Wildman–Crippen MR) is 83.2 cm³/mol. The number of hydrogen-bond donors (Lipinski definition) is 2. The zero-order chi connectivity index (χ0) is 11.8. The Hall–Kier alpha value is -0.0400. The van der Waals surface area contributed by atoms with Crippen LogP contribution in [0.15, 0.2) is 4.99 Å². The van der Waals surface area contributed by atoms with Crippen molar-refractivity contribution in [2.75, 3.05) is 26.7 Å². The molecule has 0 spiro atoms. The van der Waals surface area contributed by atoms with E-state index in [1.165, 1.54) is 12.8 Å². The van der Waals surface area contributed by atoms with Crippen molar-refractivity contribution < 1.29 is 4.74 Å². The summed E-state index contributed by atoms with van der Waals surface area (Å²) < 4.78 is 5.55. The summed E-state index contributed by atoms with van der Waals surface area (Å²) in [5, 5.41) is 6.61. The van der Waals surface area contributed by atoms with E-state index in [-0.39, 0.29) is 24.0 Å². The third-order valence-electron chi connectivity index (χ3n) is 2.76. The van der Waals surface area contributed by atoms with Crippen LogP contribution in [-0.4, -0.2) is 38.8 Å². The summed E-state index contributed by atoms with van der Waals surface area (Å²) in [5.41, 5.74) is 0. The molecule has 4 nitrogen and oxygen atoms in total. The highest BCUT2D eigenvalue weighted by atomic mass is 127. The first-order chi connectivity index (χ1) is 7.72. The summed E-state index contributed by atoms with van der Waals surface area (Å²) in [6, 6.07) is 0. The van der Waals surface area contributed by atoms with Gasteiger partial charge in [-0.15, -0.1) is 24.0 Å². The minimum Gasteiger partial charge on any atom is -0.376 e.